The lowest BCUT2D eigenvalue weighted by Gasteiger charge is -2.17. The Bertz CT molecular complexity index is 1120. The summed E-state index contributed by atoms with van der Waals surface area (Å²) in [4.78, 5) is 24.5. The molecule has 1 amide bonds. The highest BCUT2D eigenvalue weighted by Gasteiger charge is 2.30. The second-order valence-corrected chi connectivity index (χ2v) is 9.26. The van der Waals surface area contributed by atoms with Crippen molar-refractivity contribution in [1.82, 2.24) is 4.31 Å². The highest BCUT2D eigenvalue weighted by atomic mass is 35.5. The Labute approximate surface area is 191 Å². The van der Waals surface area contributed by atoms with E-state index in [0.717, 1.165) is 12.8 Å². The van der Waals surface area contributed by atoms with Gasteiger partial charge in [0.1, 0.15) is 16.4 Å². The number of halogens is 1. The number of ether oxygens (including phenoxy) is 3. The van der Waals surface area contributed by atoms with Crippen LogP contribution in [0.1, 0.15) is 23.2 Å². The average Bonchev–Trinajstić information content (AvgIpc) is 3.33. The molecule has 1 aliphatic rings. The number of hydrogen-bond donors (Lipinski definition) is 1. The molecule has 1 aliphatic heterocycles. The fourth-order valence-electron chi connectivity index (χ4n) is 3.21. The maximum Gasteiger partial charge on any atom is 0.338 e. The molecule has 0 aliphatic carbocycles. The number of sulfonamides is 1. The Morgan fingerprint density at radius 3 is 2.44 bits per heavy atom. The summed E-state index contributed by atoms with van der Waals surface area (Å²) >= 11 is 6.09. The smallest absolute Gasteiger partial charge is 0.338 e. The summed E-state index contributed by atoms with van der Waals surface area (Å²) in [6, 6.07) is 8.69. The molecule has 172 valence electrons. The van der Waals surface area contributed by atoms with Gasteiger partial charge in [-0.1, -0.05) is 11.6 Å². The fraction of sp³-hybridized carbons (Fsp3) is 0.333. The third kappa shape index (κ3) is 5.32. The van der Waals surface area contributed by atoms with Gasteiger partial charge in [-0.3, -0.25) is 4.79 Å². The fourth-order valence-corrected chi connectivity index (χ4v) is 5.23. The van der Waals surface area contributed by atoms with Crippen LogP contribution in [0.3, 0.4) is 0 Å². The largest absolute Gasteiger partial charge is 0.497 e. The Kier molecular flexibility index (Phi) is 7.60. The van der Waals surface area contributed by atoms with Gasteiger partial charge in [-0.15, -0.1) is 0 Å². The second-order valence-electron chi connectivity index (χ2n) is 6.95. The van der Waals surface area contributed by atoms with Gasteiger partial charge in [0.05, 0.1) is 30.5 Å². The lowest BCUT2D eigenvalue weighted by Crippen LogP contribution is -2.28. The predicted molar refractivity (Wildman–Crippen MR) is 118 cm³/mol. The van der Waals surface area contributed by atoms with Crippen LogP contribution in [-0.2, 0) is 19.6 Å². The maximum atomic E-state index is 12.8. The van der Waals surface area contributed by atoms with Gasteiger partial charge in [0.15, 0.2) is 6.61 Å². The van der Waals surface area contributed by atoms with Crippen LogP contribution in [0.5, 0.6) is 11.5 Å². The summed E-state index contributed by atoms with van der Waals surface area (Å²) in [5, 5.41) is 2.59. The van der Waals surface area contributed by atoms with Crippen molar-refractivity contribution in [3.63, 3.8) is 0 Å². The third-order valence-corrected chi connectivity index (χ3v) is 7.25. The number of hydrogen-bond acceptors (Lipinski definition) is 7. The minimum Gasteiger partial charge on any atom is -0.497 e. The molecule has 1 heterocycles. The van der Waals surface area contributed by atoms with E-state index in [1.54, 1.807) is 18.2 Å². The first kappa shape index (κ1) is 23.8. The molecule has 0 radical (unpaired) electrons. The van der Waals surface area contributed by atoms with E-state index < -0.39 is 28.5 Å². The maximum absolute atomic E-state index is 12.8. The van der Waals surface area contributed by atoms with Crippen molar-refractivity contribution in [1.29, 1.82) is 0 Å². The topological polar surface area (TPSA) is 111 Å². The Morgan fingerprint density at radius 2 is 1.78 bits per heavy atom. The van der Waals surface area contributed by atoms with Crippen molar-refractivity contribution in [2.24, 2.45) is 0 Å². The molecule has 3 rings (SSSR count). The van der Waals surface area contributed by atoms with Gasteiger partial charge in [0.25, 0.3) is 5.91 Å². The molecule has 1 fully saturated rings. The first-order valence-electron chi connectivity index (χ1n) is 9.75. The van der Waals surface area contributed by atoms with E-state index >= 15 is 0 Å². The van der Waals surface area contributed by atoms with E-state index in [1.807, 2.05) is 0 Å². The SMILES string of the molecule is COc1ccc(OC)c(NC(=O)COC(=O)c2ccc(Cl)c(S(=O)(=O)N3CCCC3)c2)c1. The van der Waals surface area contributed by atoms with Gasteiger partial charge in [-0.25, -0.2) is 13.2 Å². The minimum absolute atomic E-state index is 0.0105. The number of nitrogens with zero attached hydrogens (tertiary/aromatic N) is 1. The molecule has 0 aromatic heterocycles. The predicted octanol–water partition coefficient (Wildman–Crippen LogP) is 2.94. The average molecular weight is 483 g/mol. The van der Waals surface area contributed by atoms with Crippen molar-refractivity contribution in [3.8, 4) is 11.5 Å². The van der Waals surface area contributed by atoms with E-state index in [2.05, 4.69) is 5.32 Å². The van der Waals surface area contributed by atoms with E-state index in [1.165, 1.54) is 36.7 Å². The van der Waals surface area contributed by atoms with Crippen LogP contribution in [0.15, 0.2) is 41.3 Å². The van der Waals surface area contributed by atoms with Gasteiger partial charge in [0, 0.05) is 19.2 Å². The van der Waals surface area contributed by atoms with Crippen LogP contribution >= 0.6 is 11.6 Å². The molecule has 0 atom stereocenters. The molecule has 2 aromatic rings. The molecule has 0 saturated carbocycles. The number of methoxy groups -OCH3 is 2. The summed E-state index contributed by atoms with van der Waals surface area (Å²) in [6.45, 7) is 0.221. The number of benzene rings is 2. The first-order valence-corrected chi connectivity index (χ1v) is 11.6. The van der Waals surface area contributed by atoms with Crippen molar-refractivity contribution in [2.45, 2.75) is 17.7 Å². The number of carbonyl (C=O) groups excluding carboxylic acids is 2. The third-order valence-electron chi connectivity index (χ3n) is 4.86. The van der Waals surface area contributed by atoms with Gasteiger partial charge < -0.3 is 19.5 Å². The lowest BCUT2D eigenvalue weighted by molar-refractivity contribution is -0.119. The highest BCUT2D eigenvalue weighted by Crippen LogP contribution is 2.30. The first-order chi connectivity index (χ1) is 15.3. The van der Waals surface area contributed by atoms with Crippen molar-refractivity contribution < 1.29 is 32.2 Å². The highest BCUT2D eigenvalue weighted by molar-refractivity contribution is 7.89. The summed E-state index contributed by atoms with van der Waals surface area (Å²) in [6.07, 6.45) is 1.54. The molecule has 0 bridgehead atoms. The zero-order valence-electron chi connectivity index (χ0n) is 17.6. The van der Waals surface area contributed by atoms with Crippen LogP contribution in [0.25, 0.3) is 0 Å². The van der Waals surface area contributed by atoms with Crippen LogP contribution in [-0.4, -0.2) is 58.5 Å². The quantitative estimate of drug-likeness (QED) is 0.576. The number of esters is 1. The summed E-state index contributed by atoms with van der Waals surface area (Å²) in [5.74, 6) is -0.554. The van der Waals surface area contributed by atoms with Gasteiger partial charge in [0.2, 0.25) is 10.0 Å². The van der Waals surface area contributed by atoms with Crippen molar-refractivity contribution in [2.75, 3.05) is 39.2 Å². The summed E-state index contributed by atoms with van der Waals surface area (Å²) < 4.78 is 42.3. The van der Waals surface area contributed by atoms with Gasteiger partial charge in [-0.2, -0.15) is 4.31 Å². The number of nitrogens with one attached hydrogen (secondary N) is 1. The molecule has 1 saturated heterocycles. The molecule has 0 unspecified atom stereocenters. The van der Waals surface area contributed by atoms with Crippen LogP contribution < -0.4 is 14.8 Å². The van der Waals surface area contributed by atoms with Gasteiger partial charge in [-0.05, 0) is 43.2 Å². The zero-order valence-corrected chi connectivity index (χ0v) is 19.2. The Hall–Kier alpha value is -2.82. The number of amides is 1. The Balaban J connectivity index is 1.68. The van der Waals surface area contributed by atoms with Crippen LogP contribution in [0.4, 0.5) is 5.69 Å². The lowest BCUT2D eigenvalue weighted by atomic mass is 10.2. The van der Waals surface area contributed by atoms with Crippen molar-refractivity contribution in [3.05, 3.63) is 47.0 Å². The van der Waals surface area contributed by atoms with Crippen LogP contribution in [0.2, 0.25) is 5.02 Å². The van der Waals surface area contributed by atoms with Gasteiger partial charge >= 0.3 is 5.97 Å². The van der Waals surface area contributed by atoms with Crippen molar-refractivity contribution >= 4 is 39.2 Å². The standard InChI is InChI=1S/C21H23ClN2O7S/c1-29-15-6-8-18(30-2)17(12-15)23-20(25)13-31-21(26)14-5-7-16(22)19(11-14)32(27,28)24-9-3-4-10-24/h5-8,11-12H,3-4,9-10,13H2,1-2H3,(H,23,25). The molecule has 11 heteroatoms. The molecule has 1 N–H and O–H groups in total. The monoisotopic (exact) mass is 482 g/mol. The molecule has 0 spiro atoms. The number of rotatable bonds is 8. The molecule has 2 aromatic carbocycles. The molecule has 32 heavy (non-hydrogen) atoms. The number of anilines is 1. The van der Waals surface area contributed by atoms with E-state index in [-0.39, 0.29) is 15.5 Å². The second kappa shape index (κ2) is 10.2. The number of carbonyl (C=O) groups is 2. The van der Waals surface area contributed by atoms with Crippen LogP contribution in [0, 0.1) is 0 Å². The molecular weight excluding hydrogens is 460 g/mol. The summed E-state index contributed by atoms with van der Waals surface area (Å²) in [5.41, 5.74) is 0.317. The molecular formula is C21H23ClN2O7S. The normalized spacial score (nSPS) is 14.1. The minimum atomic E-state index is -3.82. The Morgan fingerprint density at radius 1 is 1.06 bits per heavy atom. The molecule has 9 nitrogen and oxygen atoms in total. The van der Waals surface area contributed by atoms with E-state index in [4.69, 9.17) is 25.8 Å². The van der Waals surface area contributed by atoms with E-state index in [9.17, 15) is 18.0 Å². The van der Waals surface area contributed by atoms with E-state index in [0.29, 0.717) is 30.3 Å². The summed E-state index contributed by atoms with van der Waals surface area (Å²) in [7, 11) is -0.887. The zero-order chi connectivity index (χ0) is 23.3.